The molecule has 0 bridgehead atoms. The van der Waals surface area contributed by atoms with Gasteiger partial charge in [0.05, 0.1) is 6.04 Å². The lowest BCUT2D eigenvalue weighted by Crippen LogP contribution is -2.29. The van der Waals surface area contributed by atoms with Gasteiger partial charge in [0, 0.05) is 9.35 Å². The van der Waals surface area contributed by atoms with Gasteiger partial charge in [-0.05, 0) is 42.0 Å². The zero-order valence-corrected chi connectivity index (χ0v) is 12.2. The molecule has 4 heteroatoms. The second-order valence-electron chi connectivity index (χ2n) is 4.05. The molecule has 1 heterocycles. The predicted octanol–water partition coefficient (Wildman–Crippen LogP) is 3.68. The lowest BCUT2D eigenvalue weighted by molar-refractivity contribution is 0.641. The summed E-state index contributed by atoms with van der Waals surface area (Å²) in [4.78, 5) is 1.26. The predicted molar refractivity (Wildman–Crippen MR) is 77.1 cm³/mol. The van der Waals surface area contributed by atoms with Gasteiger partial charge in [0.15, 0.2) is 0 Å². The maximum absolute atomic E-state index is 5.72. The van der Waals surface area contributed by atoms with Crippen molar-refractivity contribution >= 4 is 27.3 Å². The first-order valence-electron chi connectivity index (χ1n) is 5.40. The molecule has 3 N–H and O–H groups in total. The molecule has 0 aliphatic carbocycles. The van der Waals surface area contributed by atoms with Crippen molar-refractivity contribution in [1.29, 1.82) is 0 Å². The highest BCUT2D eigenvalue weighted by molar-refractivity contribution is 9.10. The molecule has 2 aromatic rings. The van der Waals surface area contributed by atoms with Crippen LogP contribution in [0.25, 0.3) is 0 Å². The summed E-state index contributed by atoms with van der Waals surface area (Å²) in [6, 6.07) is 8.41. The Labute approximate surface area is 114 Å². The van der Waals surface area contributed by atoms with Crippen LogP contribution in [0.2, 0.25) is 0 Å². The number of thiophene rings is 1. The summed E-state index contributed by atoms with van der Waals surface area (Å²) in [5.74, 6) is 5.72. The molecule has 0 saturated carbocycles. The molecule has 0 aliphatic rings. The maximum Gasteiger partial charge on any atom is 0.0816 e. The van der Waals surface area contributed by atoms with Crippen molar-refractivity contribution in [2.75, 3.05) is 0 Å². The molecule has 90 valence electrons. The van der Waals surface area contributed by atoms with E-state index in [0.717, 1.165) is 4.47 Å². The highest BCUT2D eigenvalue weighted by Crippen LogP contribution is 2.34. The van der Waals surface area contributed by atoms with Crippen LogP contribution in [0.4, 0.5) is 0 Å². The Hall–Kier alpha value is -0.680. The van der Waals surface area contributed by atoms with E-state index < -0.39 is 0 Å². The Morgan fingerprint density at radius 3 is 2.59 bits per heavy atom. The number of nitrogens with one attached hydrogen (secondary N) is 1. The standard InChI is InChI=1S/C13H15BrN2S/c1-8-4-3-5-10(11(8)14)12(16-15)13-9(2)6-7-17-13/h3-7,12,16H,15H2,1-2H3. The number of benzene rings is 1. The fourth-order valence-electron chi connectivity index (χ4n) is 1.88. The molecule has 0 amide bonds. The van der Waals surface area contributed by atoms with Crippen molar-refractivity contribution in [2.45, 2.75) is 19.9 Å². The van der Waals surface area contributed by atoms with Gasteiger partial charge in [0.2, 0.25) is 0 Å². The summed E-state index contributed by atoms with van der Waals surface area (Å²) >= 11 is 5.37. The van der Waals surface area contributed by atoms with Crippen LogP contribution >= 0.6 is 27.3 Å². The van der Waals surface area contributed by atoms with E-state index in [2.05, 4.69) is 64.8 Å². The van der Waals surface area contributed by atoms with Gasteiger partial charge in [-0.15, -0.1) is 11.3 Å². The van der Waals surface area contributed by atoms with Crippen molar-refractivity contribution in [3.63, 3.8) is 0 Å². The van der Waals surface area contributed by atoms with Crippen LogP contribution in [0, 0.1) is 13.8 Å². The van der Waals surface area contributed by atoms with E-state index in [4.69, 9.17) is 5.84 Å². The van der Waals surface area contributed by atoms with Gasteiger partial charge in [-0.3, -0.25) is 5.84 Å². The van der Waals surface area contributed by atoms with E-state index in [-0.39, 0.29) is 6.04 Å². The van der Waals surface area contributed by atoms with Crippen molar-refractivity contribution in [3.8, 4) is 0 Å². The number of aryl methyl sites for hydroxylation is 2. The van der Waals surface area contributed by atoms with E-state index in [1.165, 1.54) is 21.6 Å². The first-order chi connectivity index (χ1) is 8.15. The molecule has 2 nitrogen and oxygen atoms in total. The minimum atomic E-state index is 0.0456. The second-order valence-corrected chi connectivity index (χ2v) is 5.79. The van der Waals surface area contributed by atoms with E-state index >= 15 is 0 Å². The van der Waals surface area contributed by atoms with Crippen LogP contribution in [0.1, 0.15) is 27.6 Å². The Kier molecular flexibility index (Phi) is 3.99. The first-order valence-corrected chi connectivity index (χ1v) is 7.07. The molecule has 0 fully saturated rings. The third-order valence-electron chi connectivity index (χ3n) is 2.86. The van der Waals surface area contributed by atoms with Crippen LogP contribution in [0.3, 0.4) is 0 Å². The van der Waals surface area contributed by atoms with Crippen LogP contribution in [0.15, 0.2) is 34.1 Å². The van der Waals surface area contributed by atoms with E-state index in [1.807, 2.05) is 0 Å². The zero-order chi connectivity index (χ0) is 12.4. The van der Waals surface area contributed by atoms with Crippen molar-refractivity contribution < 1.29 is 0 Å². The lowest BCUT2D eigenvalue weighted by Gasteiger charge is -2.18. The second kappa shape index (κ2) is 5.31. The molecule has 0 radical (unpaired) electrons. The summed E-state index contributed by atoms with van der Waals surface area (Å²) in [7, 11) is 0. The molecule has 1 aromatic carbocycles. The van der Waals surface area contributed by atoms with Crippen LogP contribution in [-0.2, 0) is 0 Å². The van der Waals surface area contributed by atoms with Gasteiger partial charge >= 0.3 is 0 Å². The third-order valence-corrected chi connectivity index (χ3v) is 5.03. The molecule has 0 saturated heterocycles. The molecule has 17 heavy (non-hydrogen) atoms. The minimum Gasteiger partial charge on any atom is -0.271 e. The molecule has 0 spiro atoms. The maximum atomic E-state index is 5.72. The monoisotopic (exact) mass is 310 g/mol. The summed E-state index contributed by atoms with van der Waals surface area (Å²) in [5, 5.41) is 2.10. The number of hydrazine groups is 1. The highest BCUT2D eigenvalue weighted by atomic mass is 79.9. The molecular formula is C13H15BrN2S. The van der Waals surface area contributed by atoms with Crippen LogP contribution in [-0.4, -0.2) is 0 Å². The topological polar surface area (TPSA) is 38.0 Å². The van der Waals surface area contributed by atoms with Crippen molar-refractivity contribution in [1.82, 2.24) is 5.43 Å². The van der Waals surface area contributed by atoms with E-state index in [9.17, 15) is 0 Å². The van der Waals surface area contributed by atoms with Gasteiger partial charge in [-0.2, -0.15) is 0 Å². The molecule has 0 aliphatic heterocycles. The van der Waals surface area contributed by atoms with Gasteiger partial charge in [-0.1, -0.05) is 34.1 Å². The van der Waals surface area contributed by atoms with Gasteiger partial charge < -0.3 is 0 Å². The average Bonchev–Trinajstić information content (AvgIpc) is 2.72. The SMILES string of the molecule is Cc1ccsc1C(NN)c1cccc(C)c1Br. The molecule has 1 aromatic heterocycles. The van der Waals surface area contributed by atoms with Crippen LogP contribution in [0.5, 0.6) is 0 Å². The van der Waals surface area contributed by atoms with Crippen molar-refractivity contribution in [2.24, 2.45) is 5.84 Å². The molecule has 1 atom stereocenters. The highest BCUT2D eigenvalue weighted by Gasteiger charge is 2.18. The summed E-state index contributed by atoms with van der Waals surface area (Å²) in [6.07, 6.45) is 0. The van der Waals surface area contributed by atoms with E-state index in [1.54, 1.807) is 11.3 Å². The largest absolute Gasteiger partial charge is 0.271 e. The normalized spacial score (nSPS) is 12.7. The number of halogens is 1. The fourth-order valence-corrected chi connectivity index (χ4v) is 3.38. The number of rotatable bonds is 3. The smallest absolute Gasteiger partial charge is 0.0816 e. The van der Waals surface area contributed by atoms with Crippen molar-refractivity contribution in [3.05, 3.63) is 55.7 Å². The quantitative estimate of drug-likeness (QED) is 0.670. The lowest BCUT2D eigenvalue weighted by atomic mass is 10.0. The Morgan fingerprint density at radius 1 is 1.24 bits per heavy atom. The minimum absolute atomic E-state index is 0.0456. The third kappa shape index (κ3) is 2.45. The van der Waals surface area contributed by atoms with Gasteiger partial charge in [-0.25, -0.2) is 5.43 Å². The average molecular weight is 311 g/mol. The summed E-state index contributed by atoms with van der Waals surface area (Å²) in [6.45, 7) is 4.20. The van der Waals surface area contributed by atoms with E-state index in [0.29, 0.717) is 0 Å². The van der Waals surface area contributed by atoms with Crippen LogP contribution < -0.4 is 11.3 Å². The first kappa shape index (κ1) is 12.8. The zero-order valence-electron chi connectivity index (χ0n) is 9.83. The fraction of sp³-hybridized carbons (Fsp3) is 0.231. The molecular weight excluding hydrogens is 296 g/mol. The van der Waals surface area contributed by atoms with Gasteiger partial charge in [0.25, 0.3) is 0 Å². The Bertz CT molecular complexity index is 522. The number of nitrogens with two attached hydrogens (primary N) is 1. The molecule has 1 unspecified atom stereocenters. The number of hydrogen-bond donors (Lipinski definition) is 2. The Balaban J connectivity index is 2.50. The van der Waals surface area contributed by atoms with Gasteiger partial charge in [0.1, 0.15) is 0 Å². The molecule has 2 rings (SSSR count). The summed E-state index contributed by atoms with van der Waals surface area (Å²) < 4.78 is 1.12. The summed E-state index contributed by atoms with van der Waals surface area (Å²) in [5.41, 5.74) is 6.58. The Morgan fingerprint density at radius 2 is 2.00 bits per heavy atom. The number of hydrogen-bond acceptors (Lipinski definition) is 3.